The van der Waals surface area contributed by atoms with E-state index < -0.39 is 0 Å². The van der Waals surface area contributed by atoms with Crippen LogP contribution in [0.5, 0.6) is 0 Å². The van der Waals surface area contributed by atoms with Crippen molar-refractivity contribution in [3.63, 3.8) is 0 Å². The molecular weight excluding hydrogens is 372 g/mol. The van der Waals surface area contributed by atoms with Crippen LogP contribution in [0.4, 0.5) is 0 Å². The first-order chi connectivity index (χ1) is 14.5. The molecule has 3 rings (SSSR count). The summed E-state index contributed by atoms with van der Waals surface area (Å²) in [5.41, 5.74) is 5.11. The Kier molecular flexibility index (Phi) is 7.91. The third kappa shape index (κ3) is 5.42. The van der Waals surface area contributed by atoms with E-state index in [1.165, 1.54) is 16.8 Å². The fourth-order valence-corrected chi connectivity index (χ4v) is 4.49. The molecule has 164 valence electrons. The van der Waals surface area contributed by atoms with Crippen molar-refractivity contribution in [3.8, 4) is 0 Å². The Balaban J connectivity index is 1.66. The van der Waals surface area contributed by atoms with Crippen molar-refractivity contribution >= 4 is 5.96 Å². The number of hydrogen-bond acceptors (Lipinski definition) is 3. The van der Waals surface area contributed by atoms with E-state index in [9.17, 15) is 0 Å². The Hall–Kier alpha value is -2.34. The van der Waals surface area contributed by atoms with Gasteiger partial charge in [0.1, 0.15) is 0 Å². The third-order valence-corrected chi connectivity index (χ3v) is 6.04. The smallest absolute Gasteiger partial charge is 0.191 e. The first kappa shape index (κ1) is 22.3. The lowest BCUT2D eigenvalue weighted by Crippen LogP contribution is -2.44. The van der Waals surface area contributed by atoms with Crippen LogP contribution in [0.25, 0.3) is 0 Å². The summed E-state index contributed by atoms with van der Waals surface area (Å²) in [6.07, 6.45) is 3.05. The molecule has 1 fully saturated rings. The lowest BCUT2D eigenvalue weighted by molar-refractivity contribution is 0.258. The van der Waals surface area contributed by atoms with Gasteiger partial charge in [0.2, 0.25) is 0 Å². The summed E-state index contributed by atoms with van der Waals surface area (Å²) in [7, 11) is 2.04. The minimum absolute atomic E-state index is 0.409. The van der Waals surface area contributed by atoms with E-state index in [1.807, 2.05) is 11.7 Å². The number of aliphatic imine (C=N–C) groups is 1. The van der Waals surface area contributed by atoms with Gasteiger partial charge >= 0.3 is 0 Å². The molecular formula is C24H38N6. The van der Waals surface area contributed by atoms with Gasteiger partial charge in [0.15, 0.2) is 5.96 Å². The van der Waals surface area contributed by atoms with E-state index in [0.717, 1.165) is 50.6 Å². The Morgan fingerprint density at radius 3 is 2.60 bits per heavy atom. The molecule has 1 aliphatic rings. The zero-order valence-electron chi connectivity index (χ0n) is 19.3. The quantitative estimate of drug-likeness (QED) is 0.518. The average Bonchev–Trinajstić information content (AvgIpc) is 3.24. The number of guanidine groups is 1. The van der Waals surface area contributed by atoms with Gasteiger partial charge in [-0.2, -0.15) is 5.10 Å². The standard InChI is InChI=1S/C24H38N6/c1-6-22-21(23(7-2)29(5)28-22)15-26-24(25-8-3)27-20-14-18(4)30(17-20)16-19-12-10-9-11-13-19/h9-13,18,20H,6-8,14-17H2,1-5H3,(H2,25,26,27). The number of aromatic nitrogens is 2. The molecule has 0 aliphatic carbocycles. The second kappa shape index (κ2) is 10.6. The number of aryl methyl sites for hydroxylation is 2. The highest BCUT2D eigenvalue weighted by Crippen LogP contribution is 2.20. The van der Waals surface area contributed by atoms with Gasteiger partial charge in [-0.05, 0) is 38.7 Å². The maximum atomic E-state index is 4.93. The molecule has 1 aromatic heterocycles. The third-order valence-electron chi connectivity index (χ3n) is 6.04. The van der Waals surface area contributed by atoms with Crippen LogP contribution in [0.3, 0.4) is 0 Å². The monoisotopic (exact) mass is 410 g/mol. The van der Waals surface area contributed by atoms with Crippen molar-refractivity contribution in [1.82, 2.24) is 25.3 Å². The summed E-state index contributed by atoms with van der Waals surface area (Å²) in [6.45, 7) is 12.4. The molecule has 2 N–H and O–H groups in total. The summed E-state index contributed by atoms with van der Waals surface area (Å²) < 4.78 is 2.02. The molecule has 6 nitrogen and oxygen atoms in total. The van der Waals surface area contributed by atoms with Gasteiger partial charge in [-0.3, -0.25) is 9.58 Å². The first-order valence-corrected chi connectivity index (χ1v) is 11.4. The molecule has 2 heterocycles. The molecule has 2 aromatic rings. The van der Waals surface area contributed by atoms with Crippen LogP contribution < -0.4 is 10.6 Å². The van der Waals surface area contributed by atoms with Crippen LogP contribution >= 0.6 is 0 Å². The first-order valence-electron chi connectivity index (χ1n) is 11.4. The second-order valence-electron chi connectivity index (χ2n) is 8.24. The van der Waals surface area contributed by atoms with Gasteiger partial charge in [0.05, 0.1) is 12.2 Å². The van der Waals surface area contributed by atoms with Gasteiger partial charge in [0.25, 0.3) is 0 Å². The van der Waals surface area contributed by atoms with Crippen LogP contribution in [0.15, 0.2) is 35.3 Å². The topological polar surface area (TPSA) is 57.5 Å². The molecule has 0 amide bonds. The highest BCUT2D eigenvalue weighted by atomic mass is 15.3. The maximum Gasteiger partial charge on any atom is 0.191 e. The fourth-order valence-electron chi connectivity index (χ4n) is 4.49. The van der Waals surface area contributed by atoms with Crippen LogP contribution in [-0.4, -0.2) is 45.8 Å². The van der Waals surface area contributed by atoms with Gasteiger partial charge in [-0.15, -0.1) is 0 Å². The van der Waals surface area contributed by atoms with E-state index in [1.54, 1.807) is 0 Å². The molecule has 6 heteroatoms. The van der Waals surface area contributed by atoms with Crippen molar-refractivity contribution in [1.29, 1.82) is 0 Å². The molecule has 0 spiro atoms. The van der Waals surface area contributed by atoms with Gasteiger partial charge in [0, 0.05) is 50.0 Å². The number of likely N-dealkylation sites (tertiary alicyclic amines) is 1. The van der Waals surface area contributed by atoms with Gasteiger partial charge in [-0.1, -0.05) is 44.2 Å². The largest absolute Gasteiger partial charge is 0.357 e. The Bertz CT molecular complexity index is 826. The predicted octanol–water partition coefficient (Wildman–Crippen LogP) is 3.26. The van der Waals surface area contributed by atoms with Gasteiger partial charge < -0.3 is 10.6 Å². The van der Waals surface area contributed by atoms with Crippen LogP contribution in [0.2, 0.25) is 0 Å². The number of nitrogens with zero attached hydrogens (tertiary/aromatic N) is 4. The van der Waals surface area contributed by atoms with Crippen molar-refractivity contribution in [2.45, 2.75) is 72.1 Å². The summed E-state index contributed by atoms with van der Waals surface area (Å²) in [4.78, 5) is 7.49. The van der Waals surface area contributed by atoms with Gasteiger partial charge in [-0.25, -0.2) is 4.99 Å². The van der Waals surface area contributed by atoms with Crippen LogP contribution in [0, 0.1) is 0 Å². The summed E-state index contributed by atoms with van der Waals surface area (Å²) in [6, 6.07) is 11.7. The lowest BCUT2D eigenvalue weighted by Gasteiger charge is -2.21. The Morgan fingerprint density at radius 1 is 1.17 bits per heavy atom. The lowest BCUT2D eigenvalue weighted by atomic mass is 10.1. The summed E-state index contributed by atoms with van der Waals surface area (Å²) >= 11 is 0. The minimum atomic E-state index is 0.409. The normalized spacial score (nSPS) is 20.0. The van der Waals surface area contributed by atoms with E-state index in [2.05, 4.69) is 78.7 Å². The van der Waals surface area contributed by atoms with Crippen LogP contribution in [-0.2, 0) is 33.0 Å². The van der Waals surface area contributed by atoms with Crippen molar-refractivity contribution in [2.24, 2.45) is 12.0 Å². The molecule has 30 heavy (non-hydrogen) atoms. The summed E-state index contributed by atoms with van der Waals surface area (Å²) in [5, 5.41) is 11.8. The molecule has 2 atom stereocenters. The molecule has 0 bridgehead atoms. The van der Waals surface area contributed by atoms with Crippen molar-refractivity contribution in [2.75, 3.05) is 13.1 Å². The van der Waals surface area contributed by atoms with E-state index in [4.69, 9.17) is 4.99 Å². The molecule has 1 saturated heterocycles. The average molecular weight is 411 g/mol. The van der Waals surface area contributed by atoms with Crippen molar-refractivity contribution < 1.29 is 0 Å². The summed E-state index contributed by atoms with van der Waals surface area (Å²) in [5.74, 6) is 0.907. The SMILES string of the molecule is CCNC(=NCc1c(CC)nn(C)c1CC)NC1CC(C)N(Cc2ccccc2)C1. The molecule has 0 radical (unpaired) electrons. The van der Waals surface area contributed by atoms with E-state index >= 15 is 0 Å². The number of hydrogen-bond donors (Lipinski definition) is 2. The zero-order chi connectivity index (χ0) is 21.5. The van der Waals surface area contributed by atoms with Crippen molar-refractivity contribution in [3.05, 3.63) is 52.8 Å². The zero-order valence-corrected chi connectivity index (χ0v) is 19.3. The van der Waals surface area contributed by atoms with E-state index in [-0.39, 0.29) is 0 Å². The molecule has 0 saturated carbocycles. The Morgan fingerprint density at radius 2 is 1.93 bits per heavy atom. The number of benzene rings is 1. The minimum Gasteiger partial charge on any atom is -0.357 e. The molecule has 1 aliphatic heterocycles. The van der Waals surface area contributed by atoms with Crippen LogP contribution in [0.1, 0.15) is 56.6 Å². The maximum absolute atomic E-state index is 4.93. The second-order valence-corrected chi connectivity index (χ2v) is 8.24. The molecule has 2 unspecified atom stereocenters. The highest BCUT2D eigenvalue weighted by Gasteiger charge is 2.29. The highest BCUT2D eigenvalue weighted by molar-refractivity contribution is 5.80. The number of nitrogens with one attached hydrogen (secondary N) is 2. The molecule has 1 aromatic carbocycles. The van der Waals surface area contributed by atoms with E-state index in [0.29, 0.717) is 18.6 Å². The Labute approximate surface area is 181 Å². The number of rotatable bonds is 8. The fraction of sp³-hybridized carbons (Fsp3) is 0.583. The predicted molar refractivity (Wildman–Crippen MR) is 125 cm³/mol.